The number of hydrogen-bond acceptors (Lipinski definition) is 3. The van der Waals surface area contributed by atoms with Crippen LogP contribution in [0.3, 0.4) is 0 Å². The van der Waals surface area contributed by atoms with E-state index in [-0.39, 0.29) is 28.4 Å². The van der Waals surface area contributed by atoms with E-state index >= 15 is 0 Å². The van der Waals surface area contributed by atoms with Crippen molar-refractivity contribution in [3.05, 3.63) is 94.8 Å². The number of amides is 1. The van der Waals surface area contributed by atoms with E-state index in [0.717, 1.165) is 24.1 Å². The number of nitrogens with two attached hydrogens (primary N) is 1. The van der Waals surface area contributed by atoms with E-state index < -0.39 is 23.5 Å². The maximum Gasteiger partial charge on any atom is 0.417 e. The quantitative estimate of drug-likeness (QED) is 0.190. The van der Waals surface area contributed by atoms with E-state index in [1.807, 2.05) is 13.0 Å². The van der Waals surface area contributed by atoms with Gasteiger partial charge in [0.1, 0.15) is 23.1 Å². The number of alkyl halides is 3. The Balaban J connectivity index is 1.96. The molecule has 0 saturated heterocycles. The van der Waals surface area contributed by atoms with Crippen LogP contribution in [-0.2, 0) is 17.4 Å². The number of halogens is 4. The van der Waals surface area contributed by atoms with Crippen LogP contribution in [0.2, 0.25) is 0 Å². The summed E-state index contributed by atoms with van der Waals surface area (Å²) in [4.78, 5) is 11.4. The number of aryl methyl sites for hydroxylation is 1. The second-order valence-corrected chi connectivity index (χ2v) is 8.94. The summed E-state index contributed by atoms with van der Waals surface area (Å²) >= 11 is 0. The number of ether oxygens (including phenoxy) is 1. The smallest absolute Gasteiger partial charge is 0.417 e. The minimum absolute atomic E-state index is 0.0270. The topological polar surface area (TPSA) is 72.6 Å². The number of phenols is 1. The van der Waals surface area contributed by atoms with Crippen LogP contribution in [0.25, 0.3) is 28.0 Å². The first kappa shape index (κ1) is 26.7. The molecule has 0 aliphatic carbocycles. The fourth-order valence-corrected chi connectivity index (χ4v) is 4.31. The SMILES string of the molecule is CCCc1cc2cc(O)ccc2c(Oc2ccc(C=C(C)C(N)=O)c(C(F)(F)F)c2)c1-c1ccc(F)cc1. The van der Waals surface area contributed by atoms with Gasteiger partial charge in [0, 0.05) is 16.5 Å². The van der Waals surface area contributed by atoms with Crippen LogP contribution in [0.1, 0.15) is 37.0 Å². The summed E-state index contributed by atoms with van der Waals surface area (Å²) in [6.45, 7) is 3.32. The Kier molecular flexibility index (Phi) is 7.44. The molecule has 4 aromatic carbocycles. The van der Waals surface area contributed by atoms with Crippen molar-refractivity contribution in [3.8, 4) is 28.4 Å². The van der Waals surface area contributed by atoms with Crippen LogP contribution in [0.4, 0.5) is 17.6 Å². The average molecular weight is 524 g/mol. The molecule has 1 amide bonds. The first-order chi connectivity index (χ1) is 18.0. The molecule has 196 valence electrons. The van der Waals surface area contributed by atoms with Gasteiger partial charge in [0.25, 0.3) is 0 Å². The summed E-state index contributed by atoms with van der Waals surface area (Å²) in [6.07, 6.45) is -2.28. The molecular formula is C30H25F4NO3. The van der Waals surface area contributed by atoms with Gasteiger partial charge >= 0.3 is 6.18 Å². The average Bonchev–Trinajstić information content (AvgIpc) is 2.85. The van der Waals surface area contributed by atoms with Gasteiger partial charge in [-0.1, -0.05) is 37.6 Å². The van der Waals surface area contributed by atoms with Gasteiger partial charge in [-0.25, -0.2) is 4.39 Å². The summed E-state index contributed by atoms with van der Waals surface area (Å²) in [5.41, 5.74) is 6.04. The Hall–Kier alpha value is -4.33. The van der Waals surface area contributed by atoms with E-state index in [0.29, 0.717) is 28.3 Å². The van der Waals surface area contributed by atoms with Crippen molar-refractivity contribution in [1.29, 1.82) is 0 Å². The normalized spacial score (nSPS) is 12.1. The van der Waals surface area contributed by atoms with Crippen LogP contribution in [0, 0.1) is 5.82 Å². The molecule has 8 heteroatoms. The van der Waals surface area contributed by atoms with Crippen LogP contribution in [-0.4, -0.2) is 11.0 Å². The second kappa shape index (κ2) is 10.6. The predicted octanol–water partition coefficient (Wildman–Crippen LogP) is 8.00. The highest BCUT2D eigenvalue weighted by atomic mass is 19.4. The zero-order valence-electron chi connectivity index (χ0n) is 20.7. The van der Waals surface area contributed by atoms with E-state index in [2.05, 4.69) is 0 Å². The van der Waals surface area contributed by atoms with Crippen LogP contribution < -0.4 is 10.5 Å². The van der Waals surface area contributed by atoms with E-state index in [1.165, 1.54) is 37.3 Å². The lowest BCUT2D eigenvalue weighted by Gasteiger charge is -2.20. The highest BCUT2D eigenvalue weighted by Gasteiger charge is 2.34. The van der Waals surface area contributed by atoms with Gasteiger partial charge in [-0.3, -0.25) is 4.79 Å². The van der Waals surface area contributed by atoms with E-state index in [4.69, 9.17) is 10.5 Å². The number of phenolic OH excluding ortho intramolecular Hbond substituents is 1. The third-order valence-corrected chi connectivity index (χ3v) is 6.12. The van der Waals surface area contributed by atoms with Crippen LogP contribution in [0.5, 0.6) is 17.2 Å². The molecule has 4 aromatic rings. The fraction of sp³-hybridized carbons (Fsp3) is 0.167. The van der Waals surface area contributed by atoms with Crippen molar-refractivity contribution in [2.24, 2.45) is 5.73 Å². The Bertz CT molecular complexity index is 1540. The highest BCUT2D eigenvalue weighted by Crippen LogP contribution is 2.45. The van der Waals surface area contributed by atoms with Crippen molar-refractivity contribution >= 4 is 22.8 Å². The molecule has 0 spiro atoms. The van der Waals surface area contributed by atoms with Crippen molar-refractivity contribution in [1.82, 2.24) is 0 Å². The molecule has 0 heterocycles. The molecule has 38 heavy (non-hydrogen) atoms. The molecule has 0 aromatic heterocycles. The zero-order valence-corrected chi connectivity index (χ0v) is 20.7. The second-order valence-electron chi connectivity index (χ2n) is 8.94. The van der Waals surface area contributed by atoms with Crippen molar-refractivity contribution in [2.75, 3.05) is 0 Å². The monoisotopic (exact) mass is 523 g/mol. The largest absolute Gasteiger partial charge is 0.508 e. The van der Waals surface area contributed by atoms with Crippen LogP contribution in [0.15, 0.2) is 72.3 Å². The Morgan fingerprint density at radius 3 is 2.37 bits per heavy atom. The van der Waals surface area contributed by atoms with Gasteiger partial charge in [-0.15, -0.1) is 0 Å². The predicted molar refractivity (Wildman–Crippen MR) is 139 cm³/mol. The van der Waals surface area contributed by atoms with Gasteiger partial charge in [0.2, 0.25) is 5.91 Å². The molecule has 0 unspecified atom stereocenters. The highest BCUT2D eigenvalue weighted by molar-refractivity contribution is 5.98. The summed E-state index contributed by atoms with van der Waals surface area (Å²) in [5, 5.41) is 11.3. The van der Waals surface area contributed by atoms with E-state index in [1.54, 1.807) is 24.3 Å². The standard InChI is InChI=1S/C30H25F4NO3/c1-3-4-20-14-21-15-23(36)10-12-25(21)28(27(20)18-5-8-22(31)9-6-18)38-24-11-7-19(13-17(2)29(35)37)26(16-24)30(32,33)34/h5-16,36H,3-4H2,1-2H3,(H2,35,37). The fourth-order valence-electron chi connectivity index (χ4n) is 4.31. The molecule has 0 radical (unpaired) electrons. The van der Waals surface area contributed by atoms with Gasteiger partial charge in [-0.05, 0) is 84.0 Å². The maximum absolute atomic E-state index is 14.0. The number of primary amides is 1. The molecular weight excluding hydrogens is 498 g/mol. The third kappa shape index (κ3) is 5.64. The maximum atomic E-state index is 14.0. The lowest BCUT2D eigenvalue weighted by Crippen LogP contribution is -2.12. The number of carbonyl (C=O) groups excluding carboxylic acids is 1. The van der Waals surface area contributed by atoms with Crippen molar-refractivity contribution < 1.29 is 32.2 Å². The molecule has 3 N–H and O–H groups in total. The molecule has 0 fully saturated rings. The molecule has 0 bridgehead atoms. The first-order valence-corrected chi connectivity index (χ1v) is 11.9. The number of fused-ring (bicyclic) bond motifs is 1. The summed E-state index contributed by atoms with van der Waals surface area (Å²) < 4.78 is 61.9. The third-order valence-electron chi connectivity index (χ3n) is 6.12. The summed E-state index contributed by atoms with van der Waals surface area (Å²) in [5.74, 6) is -1.03. The lowest BCUT2D eigenvalue weighted by molar-refractivity contribution is -0.137. The van der Waals surface area contributed by atoms with Crippen LogP contribution >= 0.6 is 0 Å². The van der Waals surface area contributed by atoms with Gasteiger partial charge < -0.3 is 15.6 Å². The number of rotatable bonds is 7. The van der Waals surface area contributed by atoms with Gasteiger partial charge in [0.05, 0.1) is 5.56 Å². The van der Waals surface area contributed by atoms with Gasteiger partial charge in [0.15, 0.2) is 0 Å². The Morgan fingerprint density at radius 2 is 1.74 bits per heavy atom. The van der Waals surface area contributed by atoms with Crippen molar-refractivity contribution in [2.45, 2.75) is 32.9 Å². The minimum Gasteiger partial charge on any atom is -0.508 e. The minimum atomic E-state index is -4.74. The Morgan fingerprint density at radius 1 is 1.03 bits per heavy atom. The molecule has 4 rings (SSSR count). The number of hydrogen-bond donors (Lipinski definition) is 2. The molecule has 0 aliphatic rings. The number of benzene rings is 4. The number of aromatic hydroxyl groups is 1. The molecule has 0 aliphatic heterocycles. The summed E-state index contributed by atoms with van der Waals surface area (Å²) in [7, 11) is 0. The molecule has 0 saturated carbocycles. The number of carbonyl (C=O) groups is 1. The van der Waals surface area contributed by atoms with E-state index in [9.17, 15) is 27.5 Å². The first-order valence-electron chi connectivity index (χ1n) is 11.9. The molecule has 4 nitrogen and oxygen atoms in total. The summed E-state index contributed by atoms with van der Waals surface area (Å²) in [6, 6.07) is 15.8. The zero-order chi connectivity index (χ0) is 27.6. The van der Waals surface area contributed by atoms with Crippen molar-refractivity contribution in [3.63, 3.8) is 0 Å². The lowest BCUT2D eigenvalue weighted by atomic mass is 9.91. The molecule has 0 atom stereocenters. The Labute approximate surface area is 217 Å². The van der Waals surface area contributed by atoms with Gasteiger partial charge in [-0.2, -0.15) is 13.2 Å².